The number of aromatic hydroxyl groups is 1. The van der Waals surface area contributed by atoms with Gasteiger partial charge in [0.05, 0.1) is 6.07 Å². The van der Waals surface area contributed by atoms with Gasteiger partial charge in [0.15, 0.2) is 0 Å². The zero-order valence-electron chi connectivity index (χ0n) is 12.2. The van der Waals surface area contributed by atoms with Gasteiger partial charge in [-0.25, -0.2) is 4.79 Å². The maximum atomic E-state index is 11.1. The normalized spacial score (nSPS) is 12.5. The van der Waals surface area contributed by atoms with Crippen molar-refractivity contribution in [2.45, 2.75) is 65.2 Å². The van der Waals surface area contributed by atoms with Crippen LogP contribution < -0.4 is 5.63 Å². The summed E-state index contributed by atoms with van der Waals surface area (Å²) in [4.78, 5) is 11.1. The minimum atomic E-state index is -0.471. The lowest BCUT2D eigenvalue weighted by Gasteiger charge is -2.10. The van der Waals surface area contributed by atoms with Gasteiger partial charge in [-0.15, -0.1) is 0 Å². The second-order valence-electron chi connectivity index (χ2n) is 5.47. The molecular formula is C16H26O3. The van der Waals surface area contributed by atoms with E-state index in [1.54, 1.807) is 6.07 Å². The van der Waals surface area contributed by atoms with Gasteiger partial charge in [0, 0.05) is 12.5 Å². The molecule has 1 aromatic rings. The molecule has 108 valence electrons. The second kappa shape index (κ2) is 8.78. The lowest BCUT2D eigenvalue weighted by Crippen LogP contribution is -2.04. The fraction of sp³-hybridized carbons (Fsp3) is 0.688. The topological polar surface area (TPSA) is 50.4 Å². The molecule has 1 rings (SSSR count). The quantitative estimate of drug-likeness (QED) is 0.679. The first-order valence-electron chi connectivity index (χ1n) is 7.45. The Labute approximate surface area is 115 Å². The summed E-state index contributed by atoms with van der Waals surface area (Å²) in [5.41, 5.74) is -0.471. The molecule has 0 fully saturated rings. The average Bonchev–Trinajstić information content (AvgIpc) is 2.32. The summed E-state index contributed by atoms with van der Waals surface area (Å²) in [6.07, 6.45) is 9.66. The molecule has 0 aliphatic carbocycles. The van der Waals surface area contributed by atoms with E-state index in [1.807, 2.05) is 0 Å². The molecule has 1 aromatic heterocycles. The largest absolute Gasteiger partial charge is 0.508 e. The Hall–Kier alpha value is -1.25. The lowest BCUT2D eigenvalue weighted by molar-refractivity contribution is 0.388. The van der Waals surface area contributed by atoms with E-state index in [4.69, 9.17) is 4.42 Å². The van der Waals surface area contributed by atoms with Crippen molar-refractivity contribution in [1.29, 1.82) is 0 Å². The molecule has 0 bridgehead atoms. The van der Waals surface area contributed by atoms with E-state index in [0.717, 1.165) is 18.9 Å². The first-order chi connectivity index (χ1) is 9.11. The monoisotopic (exact) mass is 266 g/mol. The zero-order valence-corrected chi connectivity index (χ0v) is 12.2. The van der Waals surface area contributed by atoms with Crippen LogP contribution in [0.3, 0.4) is 0 Å². The van der Waals surface area contributed by atoms with Crippen LogP contribution in [0.1, 0.15) is 64.6 Å². The minimum absolute atomic E-state index is 0.00184. The third-order valence-corrected chi connectivity index (χ3v) is 3.41. The molecule has 1 heterocycles. The van der Waals surface area contributed by atoms with Gasteiger partial charge >= 0.3 is 5.63 Å². The van der Waals surface area contributed by atoms with Crippen molar-refractivity contribution in [3.8, 4) is 5.75 Å². The predicted octanol–water partition coefficient (Wildman–Crippen LogP) is 4.27. The molecule has 0 radical (unpaired) electrons. The first kappa shape index (κ1) is 15.8. The van der Waals surface area contributed by atoms with Crippen LogP contribution in [0.25, 0.3) is 0 Å². The van der Waals surface area contributed by atoms with E-state index in [-0.39, 0.29) is 5.75 Å². The van der Waals surface area contributed by atoms with Gasteiger partial charge in [0.2, 0.25) is 0 Å². The van der Waals surface area contributed by atoms with Crippen LogP contribution in [0, 0.1) is 5.92 Å². The van der Waals surface area contributed by atoms with Crippen molar-refractivity contribution in [1.82, 2.24) is 0 Å². The Morgan fingerprint density at radius 2 is 1.84 bits per heavy atom. The Bertz CT molecular complexity index is 409. The van der Waals surface area contributed by atoms with Crippen LogP contribution in [-0.2, 0) is 6.42 Å². The highest BCUT2D eigenvalue weighted by Gasteiger charge is 2.07. The molecule has 0 aliphatic heterocycles. The molecule has 0 amide bonds. The SMILES string of the molecule is CCCCCCCCC(C)Cc1cc(O)cc(=O)o1. The molecule has 3 nitrogen and oxygen atoms in total. The van der Waals surface area contributed by atoms with Crippen molar-refractivity contribution in [2.75, 3.05) is 0 Å². The molecule has 19 heavy (non-hydrogen) atoms. The minimum Gasteiger partial charge on any atom is -0.508 e. The van der Waals surface area contributed by atoms with E-state index in [0.29, 0.717) is 11.7 Å². The number of hydrogen-bond donors (Lipinski definition) is 1. The van der Waals surface area contributed by atoms with E-state index in [1.165, 1.54) is 38.5 Å². The Morgan fingerprint density at radius 1 is 1.16 bits per heavy atom. The number of rotatable bonds is 9. The summed E-state index contributed by atoms with van der Waals surface area (Å²) in [5, 5.41) is 9.34. The van der Waals surface area contributed by atoms with Gasteiger partial charge in [-0.05, 0) is 5.92 Å². The van der Waals surface area contributed by atoms with Crippen LogP contribution in [-0.4, -0.2) is 5.11 Å². The third-order valence-electron chi connectivity index (χ3n) is 3.41. The molecule has 1 unspecified atom stereocenters. The zero-order chi connectivity index (χ0) is 14.1. The van der Waals surface area contributed by atoms with E-state index < -0.39 is 5.63 Å². The molecule has 0 spiro atoms. The van der Waals surface area contributed by atoms with Crippen molar-refractivity contribution in [3.05, 3.63) is 28.3 Å². The van der Waals surface area contributed by atoms with Gasteiger partial charge in [-0.1, -0.05) is 58.8 Å². The molecule has 1 atom stereocenters. The standard InChI is InChI=1S/C16H26O3/c1-3-4-5-6-7-8-9-13(2)10-15-11-14(17)12-16(18)19-15/h11-13,17H,3-10H2,1-2H3. The summed E-state index contributed by atoms with van der Waals surface area (Å²) in [7, 11) is 0. The fourth-order valence-electron chi connectivity index (χ4n) is 2.33. The van der Waals surface area contributed by atoms with E-state index in [9.17, 15) is 9.90 Å². The smallest absolute Gasteiger partial charge is 0.339 e. The highest BCUT2D eigenvalue weighted by molar-refractivity contribution is 5.18. The fourth-order valence-corrected chi connectivity index (χ4v) is 2.33. The summed E-state index contributed by atoms with van der Waals surface area (Å²) in [6.45, 7) is 4.39. The average molecular weight is 266 g/mol. The predicted molar refractivity (Wildman–Crippen MR) is 77.5 cm³/mol. The maximum Gasteiger partial charge on any atom is 0.339 e. The lowest BCUT2D eigenvalue weighted by atomic mass is 9.98. The highest BCUT2D eigenvalue weighted by Crippen LogP contribution is 2.17. The summed E-state index contributed by atoms with van der Waals surface area (Å²) < 4.78 is 5.07. The van der Waals surface area contributed by atoms with Gasteiger partial charge in [0.1, 0.15) is 11.5 Å². The van der Waals surface area contributed by atoms with E-state index in [2.05, 4.69) is 13.8 Å². The molecule has 1 N–H and O–H groups in total. The summed E-state index contributed by atoms with van der Waals surface area (Å²) in [5.74, 6) is 1.07. The second-order valence-corrected chi connectivity index (χ2v) is 5.47. The Kier molecular flexibility index (Phi) is 7.31. The molecular weight excluding hydrogens is 240 g/mol. The van der Waals surface area contributed by atoms with Gasteiger partial charge in [-0.2, -0.15) is 0 Å². The third kappa shape index (κ3) is 7.04. The van der Waals surface area contributed by atoms with Crippen LogP contribution in [0.4, 0.5) is 0 Å². The van der Waals surface area contributed by atoms with E-state index >= 15 is 0 Å². The molecule has 0 aromatic carbocycles. The molecule has 0 saturated carbocycles. The van der Waals surface area contributed by atoms with Crippen LogP contribution in [0.5, 0.6) is 5.75 Å². The first-order valence-corrected chi connectivity index (χ1v) is 7.45. The molecule has 0 saturated heterocycles. The van der Waals surface area contributed by atoms with Crippen LogP contribution >= 0.6 is 0 Å². The number of hydrogen-bond acceptors (Lipinski definition) is 3. The Balaban J connectivity index is 2.23. The van der Waals surface area contributed by atoms with Gasteiger partial charge in [0.25, 0.3) is 0 Å². The summed E-state index contributed by atoms with van der Waals surface area (Å²) in [6, 6.07) is 2.64. The summed E-state index contributed by atoms with van der Waals surface area (Å²) >= 11 is 0. The van der Waals surface area contributed by atoms with Crippen molar-refractivity contribution >= 4 is 0 Å². The molecule has 0 aliphatic rings. The van der Waals surface area contributed by atoms with Crippen LogP contribution in [0.2, 0.25) is 0 Å². The van der Waals surface area contributed by atoms with Crippen molar-refractivity contribution in [2.24, 2.45) is 5.92 Å². The number of unbranched alkanes of at least 4 members (excludes halogenated alkanes) is 5. The molecule has 3 heteroatoms. The highest BCUT2D eigenvalue weighted by atomic mass is 16.4. The van der Waals surface area contributed by atoms with Gasteiger partial charge in [-0.3, -0.25) is 0 Å². The van der Waals surface area contributed by atoms with Crippen LogP contribution in [0.15, 0.2) is 21.3 Å². The maximum absolute atomic E-state index is 11.1. The van der Waals surface area contributed by atoms with Crippen molar-refractivity contribution in [3.63, 3.8) is 0 Å². The Morgan fingerprint density at radius 3 is 2.53 bits per heavy atom. The van der Waals surface area contributed by atoms with Gasteiger partial charge < -0.3 is 9.52 Å². The van der Waals surface area contributed by atoms with Crippen molar-refractivity contribution < 1.29 is 9.52 Å².